The Morgan fingerprint density at radius 2 is 1.62 bits per heavy atom. The van der Waals surface area contributed by atoms with Crippen molar-refractivity contribution in [3.8, 4) is 0 Å². The molecule has 4 aliphatic carbocycles. The van der Waals surface area contributed by atoms with Crippen molar-refractivity contribution in [1.82, 2.24) is 15.1 Å². The number of fused-ring (bicyclic) bond motifs is 5. The van der Waals surface area contributed by atoms with Crippen LogP contribution in [0.25, 0.3) is 0 Å². The number of hydrogen-bond donors (Lipinski definition) is 2. The fourth-order valence-electron chi connectivity index (χ4n) is 11.5. The molecule has 0 aliphatic heterocycles. The van der Waals surface area contributed by atoms with Crippen molar-refractivity contribution in [2.24, 2.45) is 52.1 Å². The third-order valence-corrected chi connectivity index (χ3v) is 14.3. The minimum absolute atomic E-state index is 0.172. The zero-order valence-corrected chi connectivity index (χ0v) is 30.9. The molecule has 0 saturated heterocycles. The molecule has 0 bridgehead atoms. The maximum absolute atomic E-state index is 12.7. The van der Waals surface area contributed by atoms with Crippen molar-refractivity contribution in [3.63, 3.8) is 0 Å². The summed E-state index contributed by atoms with van der Waals surface area (Å²) in [5.74, 6) is 4.44. The van der Waals surface area contributed by atoms with Gasteiger partial charge in [-0.05, 0) is 195 Å². The molecule has 0 aromatic heterocycles. The molecule has 4 saturated carbocycles. The quantitative estimate of drug-likeness (QED) is 0.135. The van der Waals surface area contributed by atoms with Crippen LogP contribution in [0.5, 0.6) is 0 Å². The van der Waals surface area contributed by atoms with E-state index in [1.807, 2.05) is 30.3 Å². The second kappa shape index (κ2) is 17.0. The number of nitrogens with one attached hydrogen (secondary N) is 1. The first-order valence-electron chi connectivity index (χ1n) is 19.7. The Morgan fingerprint density at radius 1 is 0.894 bits per heavy atom. The largest absolute Gasteiger partial charge is 0.462 e. The molecular formula is C41H70N4O2. The van der Waals surface area contributed by atoms with Crippen LogP contribution in [0.4, 0.5) is 0 Å². The monoisotopic (exact) mass is 651 g/mol. The van der Waals surface area contributed by atoms with Gasteiger partial charge in [-0.1, -0.05) is 39.0 Å². The van der Waals surface area contributed by atoms with E-state index in [4.69, 9.17) is 10.5 Å². The average molecular weight is 651 g/mol. The van der Waals surface area contributed by atoms with Crippen molar-refractivity contribution in [2.75, 3.05) is 60.0 Å². The highest BCUT2D eigenvalue weighted by Gasteiger charge is 2.60. The predicted molar refractivity (Wildman–Crippen MR) is 195 cm³/mol. The van der Waals surface area contributed by atoms with E-state index in [1.54, 1.807) is 0 Å². The lowest BCUT2D eigenvalue weighted by molar-refractivity contribution is -0.124. The lowest BCUT2D eigenvalue weighted by Gasteiger charge is -2.62. The zero-order chi connectivity index (χ0) is 33.4. The van der Waals surface area contributed by atoms with Crippen molar-refractivity contribution < 1.29 is 9.53 Å². The molecule has 5 rings (SSSR count). The van der Waals surface area contributed by atoms with Gasteiger partial charge >= 0.3 is 5.97 Å². The molecule has 4 fully saturated rings. The van der Waals surface area contributed by atoms with Crippen LogP contribution in [0, 0.1) is 46.3 Å². The van der Waals surface area contributed by atoms with Crippen molar-refractivity contribution >= 4 is 5.97 Å². The molecule has 47 heavy (non-hydrogen) atoms. The Balaban J connectivity index is 1.06. The summed E-state index contributed by atoms with van der Waals surface area (Å²) >= 11 is 0. The second-order valence-corrected chi connectivity index (χ2v) is 17.0. The SMILES string of the molecule is C[C@@H](COC(=O)c1ccccc1)[C@H]1CCC2C3CCC4CC(N(C)CCCN(C)CCCCNCCCN)CC[C@]4(C)C3CC[C@@]21C. The Kier molecular flexibility index (Phi) is 13.3. The van der Waals surface area contributed by atoms with Gasteiger partial charge in [-0.25, -0.2) is 4.79 Å². The molecule has 0 spiro atoms. The van der Waals surface area contributed by atoms with Gasteiger partial charge in [0.25, 0.3) is 0 Å². The summed E-state index contributed by atoms with van der Waals surface area (Å²) in [5.41, 5.74) is 7.17. The van der Waals surface area contributed by atoms with Crippen LogP contribution in [0.1, 0.15) is 115 Å². The van der Waals surface area contributed by atoms with Gasteiger partial charge in [-0.15, -0.1) is 0 Å². The number of benzene rings is 1. The van der Waals surface area contributed by atoms with Gasteiger partial charge in [0.1, 0.15) is 0 Å². The maximum atomic E-state index is 12.7. The second-order valence-electron chi connectivity index (χ2n) is 17.0. The van der Waals surface area contributed by atoms with Crippen molar-refractivity contribution in [1.29, 1.82) is 0 Å². The highest BCUT2D eigenvalue weighted by atomic mass is 16.5. The number of hydrogen-bond acceptors (Lipinski definition) is 6. The summed E-state index contributed by atoms with van der Waals surface area (Å²) in [4.78, 5) is 17.9. The van der Waals surface area contributed by atoms with E-state index in [1.165, 1.54) is 96.7 Å². The third-order valence-electron chi connectivity index (χ3n) is 14.3. The lowest BCUT2D eigenvalue weighted by Crippen LogP contribution is -2.55. The summed E-state index contributed by atoms with van der Waals surface area (Å²) in [5, 5.41) is 3.50. The van der Waals surface area contributed by atoms with Gasteiger partial charge in [0.2, 0.25) is 0 Å². The summed E-state index contributed by atoms with van der Waals surface area (Å²) in [6, 6.07) is 10.3. The first kappa shape index (κ1) is 36.8. The van der Waals surface area contributed by atoms with Crippen LogP contribution in [-0.2, 0) is 4.74 Å². The van der Waals surface area contributed by atoms with E-state index >= 15 is 0 Å². The predicted octanol–water partition coefficient (Wildman–Crippen LogP) is 7.48. The van der Waals surface area contributed by atoms with Crippen LogP contribution in [-0.4, -0.2) is 81.8 Å². The molecule has 1 aromatic rings. The molecule has 4 aliphatic rings. The maximum Gasteiger partial charge on any atom is 0.338 e. The molecule has 1 aromatic carbocycles. The zero-order valence-electron chi connectivity index (χ0n) is 30.9. The highest BCUT2D eigenvalue weighted by molar-refractivity contribution is 5.89. The number of carbonyl (C=O) groups is 1. The first-order chi connectivity index (χ1) is 22.7. The first-order valence-corrected chi connectivity index (χ1v) is 19.7. The van der Waals surface area contributed by atoms with Crippen molar-refractivity contribution in [2.45, 2.75) is 110 Å². The average Bonchev–Trinajstić information content (AvgIpc) is 3.44. The number of carbonyl (C=O) groups excluding carboxylic acids is 1. The normalized spacial score (nSPS) is 34.1. The molecule has 3 N–H and O–H groups in total. The van der Waals surface area contributed by atoms with Gasteiger partial charge in [-0.3, -0.25) is 0 Å². The van der Waals surface area contributed by atoms with Gasteiger partial charge in [0.15, 0.2) is 0 Å². The fraction of sp³-hybridized carbons (Fsp3) is 0.829. The van der Waals surface area contributed by atoms with Crippen molar-refractivity contribution in [3.05, 3.63) is 35.9 Å². The Bertz CT molecular complexity index is 1100. The van der Waals surface area contributed by atoms with Crippen LogP contribution >= 0.6 is 0 Å². The Morgan fingerprint density at radius 3 is 2.40 bits per heavy atom. The smallest absolute Gasteiger partial charge is 0.338 e. The van der Waals surface area contributed by atoms with Gasteiger partial charge in [-0.2, -0.15) is 0 Å². The summed E-state index contributed by atoms with van der Waals surface area (Å²) in [6.07, 6.45) is 17.4. The van der Waals surface area contributed by atoms with Gasteiger partial charge < -0.3 is 25.6 Å². The lowest BCUT2D eigenvalue weighted by atomic mass is 9.44. The molecule has 0 heterocycles. The van der Waals surface area contributed by atoms with Crippen LogP contribution in [0.15, 0.2) is 30.3 Å². The number of esters is 1. The Labute approximate surface area is 288 Å². The minimum atomic E-state index is -0.172. The third kappa shape index (κ3) is 8.64. The highest BCUT2D eigenvalue weighted by Crippen LogP contribution is 2.68. The summed E-state index contributed by atoms with van der Waals surface area (Å²) in [6.45, 7) is 14.8. The van der Waals surface area contributed by atoms with E-state index in [-0.39, 0.29) is 5.97 Å². The molecule has 9 atom stereocenters. The fourth-order valence-corrected chi connectivity index (χ4v) is 11.5. The van der Waals surface area contributed by atoms with Gasteiger partial charge in [0, 0.05) is 6.04 Å². The number of rotatable bonds is 17. The Hall–Kier alpha value is -1.47. The van der Waals surface area contributed by atoms with Crippen LogP contribution < -0.4 is 11.1 Å². The number of nitrogens with zero attached hydrogens (tertiary/aromatic N) is 2. The molecule has 0 radical (unpaired) electrons. The van der Waals surface area contributed by atoms with E-state index in [9.17, 15) is 4.79 Å². The topological polar surface area (TPSA) is 70.8 Å². The molecular weight excluding hydrogens is 580 g/mol. The minimum Gasteiger partial charge on any atom is -0.462 e. The van der Waals surface area contributed by atoms with E-state index in [2.05, 4.69) is 50.0 Å². The van der Waals surface area contributed by atoms with E-state index in [0.717, 1.165) is 55.8 Å². The van der Waals surface area contributed by atoms with E-state index in [0.29, 0.717) is 34.8 Å². The molecule has 5 unspecified atom stereocenters. The number of unbranched alkanes of at least 4 members (excludes halogenated alkanes) is 1. The van der Waals surface area contributed by atoms with Crippen LogP contribution in [0.3, 0.4) is 0 Å². The molecule has 0 amide bonds. The van der Waals surface area contributed by atoms with Crippen LogP contribution in [0.2, 0.25) is 0 Å². The molecule has 266 valence electrons. The molecule has 6 heteroatoms. The number of nitrogens with two attached hydrogens (primary N) is 1. The van der Waals surface area contributed by atoms with Gasteiger partial charge in [0.05, 0.1) is 12.2 Å². The van der Waals surface area contributed by atoms with E-state index < -0.39 is 0 Å². The standard InChI is InChI=1S/C41H70N4O2/c1-31(30-47-39(46)32-13-7-6-8-14-32)36-17-18-37-35-16-15-33-29-34(19-21-40(33,2)38(35)20-22-41(36,37)3)45(5)28-12-27-44(4)26-10-9-24-43-25-11-23-42/h6-8,13-14,31,33-38,43H,9-12,15-30,42H2,1-5H3/t31-,33?,34?,35?,36+,37?,38?,40-,41+/m0/s1. The summed E-state index contributed by atoms with van der Waals surface area (Å²) < 4.78 is 5.87. The summed E-state index contributed by atoms with van der Waals surface area (Å²) in [7, 11) is 4.71. The number of ether oxygens (including phenoxy) is 1. The molecule has 6 nitrogen and oxygen atoms in total.